The number of benzene rings is 1. The Hall–Kier alpha value is -1.18. The summed E-state index contributed by atoms with van der Waals surface area (Å²) in [5.41, 5.74) is 9.12. The molecular formula is C28H42F2. The van der Waals surface area contributed by atoms with E-state index in [1.54, 1.807) is 5.56 Å². The number of allylic oxidation sites excluding steroid dienone is 1. The molecule has 2 aliphatic rings. The molecule has 2 aliphatic carbocycles. The van der Waals surface area contributed by atoms with Gasteiger partial charge in [0.05, 0.1) is 0 Å². The number of halogens is 2. The Morgan fingerprint density at radius 3 is 1.50 bits per heavy atom. The van der Waals surface area contributed by atoms with Crippen LogP contribution in [-0.2, 0) is 6.42 Å². The van der Waals surface area contributed by atoms with Crippen LogP contribution in [0.15, 0.2) is 12.2 Å². The highest BCUT2D eigenvalue weighted by Gasteiger charge is 2.27. The maximum Gasteiger partial charge on any atom is 0.266 e. The molecule has 0 N–H and O–H groups in total. The summed E-state index contributed by atoms with van der Waals surface area (Å²) in [4.78, 5) is 0. The quantitative estimate of drug-likeness (QED) is 0.434. The average molecular weight is 417 g/mol. The van der Waals surface area contributed by atoms with Crippen LogP contribution in [0.1, 0.15) is 97.6 Å². The van der Waals surface area contributed by atoms with Gasteiger partial charge in [-0.05, 0) is 143 Å². The third-order valence-electron chi connectivity index (χ3n) is 8.85. The molecule has 0 atom stereocenters. The molecule has 0 saturated heterocycles. The van der Waals surface area contributed by atoms with Gasteiger partial charge in [-0.1, -0.05) is 25.7 Å². The molecule has 3 rings (SSSR count). The fraction of sp³-hybridized carbons (Fsp3) is 0.714. The molecule has 0 aliphatic heterocycles. The van der Waals surface area contributed by atoms with Gasteiger partial charge in [0, 0.05) is 0 Å². The maximum atomic E-state index is 12.3. The Morgan fingerprint density at radius 2 is 1.03 bits per heavy atom. The van der Waals surface area contributed by atoms with Gasteiger partial charge < -0.3 is 0 Å². The van der Waals surface area contributed by atoms with Crippen LogP contribution in [0, 0.1) is 58.3 Å². The first-order valence-electron chi connectivity index (χ1n) is 12.3. The van der Waals surface area contributed by atoms with Gasteiger partial charge in [0.1, 0.15) is 0 Å². The van der Waals surface area contributed by atoms with Gasteiger partial charge in [-0.2, -0.15) is 8.78 Å². The number of hydrogen-bond acceptors (Lipinski definition) is 0. The van der Waals surface area contributed by atoms with Crippen molar-refractivity contribution in [3.8, 4) is 0 Å². The van der Waals surface area contributed by atoms with Crippen molar-refractivity contribution in [3.63, 3.8) is 0 Å². The zero-order valence-electron chi connectivity index (χ0n) is 19.9. The van der Waals surface area contributed by atoms with E-state index in [9.17, 15) is 8.78 Å². The molecule has 0 aromatic heterocycles. The smallest absolute Gasteiger partial charge is 0.174 e. The van der Waals surface area contributed by atoms with E-state index < -0.39 is 6.08 Å². The Morgan fingerprint density at radius 1 is 0.633 bits per heavy atom. The highest BCUT2D eigenvalue weighted by molar-refractivity contribution is 5.49. The van der Waals surface area contributed by atoms with E-state index in [0.29, 0.717) is 12.3 Å². The van der Waals surface area contributed by atoms with Crippen molar-refractivity contribution >= 4 is 0 Å². The Bertz CT molecular complexity index is 711. The van der Waals surface area contributed by atoms with Crippen LogP contribution in [0.25, 0.3) is 0 Å². The Balaban J connectivity index is 1.46. The molecule has 1 aromatic rings. The Kier molecular flexibility index (Phi) is 8.16. The average Bonchev–Trinajstić information content (AvgIpc) is 2.74. The van der Waals surface area contributed by atoms with Crippen LogP contribution < -0.4 is 0 Å². The molecule has 0 spiro atoms. The minimum absolute atomic E-state index is 0.492. The summed E-state index contributed by atoms with van der Waals surface area (Å²) in [6, 6.07) is 0. The second-order valence-electron chi connectivity index (χ2n) is 10.5. The van der Waals surface area contributed by atoms with E-state index in [4.69, 9.17) is 0 Å². The molecule has 0 unspecified atom stereocenters. The van der Waals surface area contributed by atoms with E-state index in [-0.39, 0.29) is 0 Å². The van der Waals surface area contributed by atoms with Crippen LogP contribution in [0.2, 0.25) is 0 Å². The van der Waals surface area contributed by atoms with Crippen LogP contribution >= 0.6 is 0 Å². The van der Waals surface area contributed by atoms with Crippen molar-refractivity contribution in [1.29, 1.82) is 0 Å². The van der Waals surface area contributed by atoms with Crippen LogP contribution in [0.3, 0.4) is 0 Å². The van der Waals surface area contributed by atoms with Crippen molar-refractivity contribution in [3.05, 3.63) is 45.5 Å². The lowest BCUT2D eigenvalue weighted by atomic mass is 9.71. The first kappa shape index (κ1) is 23.5. The molecule has 2 heteroatoms. The lowest BCUT2D eigenvalue weighted by Crippen LogP contribution is -2.22. The molecule has 1 aromatic carbocycles. The molecule has 0 amide bonds. The summed E-state index contributed by atoms with van der Waals surface area (Å²) in [6.45, 7) is 11.5. The second-order valence-corrected chi connectivity index (χ2v) is 10.5. The third-order valence-corrected chi connectivity index (χ3v) is 8.85. The SMILES string of the molecule is Cc1c(C)c(C)c(CC2CCC(CC3CCC(CC=C(F)F)CC3)CC2)c(C)c1C. The molecule has 0 heterocycles. The van der Waals surface area contributed by atoms with Crippen molar-refractivity contribution in [1.82, 2.24) is 0 Å². The van der Waals surface area contributed by atoms with Crippen molar-refractivity contribution < 1.29 is 8.78 Å². The zero-order chi connectivity index (χ0) is 21.8. The molecule has 0 bridgehead atoms. The van der Waals surface area contributed by atoms with Gasteiger partial charge in [0.2, 0.25) is 0 Å². The standard InChI is InChI=1S/C28H42F2/c1-18-19(2)21(4)27(22(5)20(18)3)17-26-12-10-25(11-13-26)16-24-8-6-23(7-9-24)14-15-28(29)30/h15,23-26H,6-14,16-17H2,1-5H3. The molecule has 30 heavy (non-hydrogen) atoms. The third kappa shape index (κ3) is 5.74. The zero-order valence-corrected chi connectivity index (χ0v) is 19.9. The van der Waals surface area contributed by atoms with Crippen molar-refractivity contribution in [2.45, 2.75) is 105 Å². The number of hydrogen-bond donors (Lipinski definition) is 0. The topological polar surface area (TPSA) is 0 Å². The van der Waals surface area contributed by atoms with Gasteiger partial charge >= 0.3 is 0 Å². The molecule has 2 fully saturated rings. The van der Waals surface area contributed by atoms with E-state index in [1.807, 2.05) is 0 Å². The van der Waals surface area contributed by atoms with Gasteiger partial charge in [-0.3, -0.25) is 0 Å². The second kappa shape index (κ2) is 10.4. The lowest BCUT2D eigenvalue weighted by Gasteiger charge is -2.34. The fourth-order valence-electron chi connectivity index (χ4n) is 6.27. The normalized spacial score (nSPS) is 27.2. The van der Waals surface area contributed by atoms with Gasteiger partial charge in [-0.15, -0.1) is 0 Å². The van der Waals surface area contributed by atoms with Crippen molar-refractivity contribution in [2.75, 3.05) is 0 Å². The lowest BCUT2D eigenvalue weighted by molar-refractivity contribution is 0.191. The maximum absolute atomic E-state index is 12.3. The largest absolute Gasteiger partial charge is 0.266 e. The van der Waals surface area contributed by atoms with Gasteiger partial charge in [0.25, 0.3) is 6.08 Å². The molecule has 168 valence electrons. The van der Waals surface area contributed by atoms with Gasteiger partial charge in [0.15, 0.2) is 0 Å². The van der Waals surface area contributed by atoms with E-state index in [1.165, 1.54) is 79.2 Å². The van der Waals surface area contributed by atoms with E-state index >= 15 is 0 Å². The highest BCUT2D eigenvalue weighted by Crippen LogP contribution is 2.40. The minimum atomic E-state index is -1.50. The number of rotatable bonds is 6. The molecule has 0 nitrogen and oxygen atoms in total. The van der Waals surface area contributed by atoms with Crippen LogP contribution in [0.4, 0.5) is 8.78 Å². The minimum Gasteiger partial charge on any atom is -0.174 e. The first-order chi connectivity index (χ1) is 14.3. The predicted octanol–water partition coefficient (Wildman–Crippen LogP) is 8.94. The summed E-state index contributed by atoms with van der Waals surface area (Å²) in [5, 5.41) is 0. The van der Waals surface area contributed by atoms with Gasteiger partial charge in [-0.25, -0.2) is 0 Å². The first-order valence-corrected chi connectivity index (χ1v) is 12.3. The van der Waals surface area contributed by atoms with E-state index in [2.05, 4.69) is 34.6 Å². The van der Waals surface area contributed by atoms with Crippen molar-refractivity contribution in [2.24, 2.45) is 23.7 Å². The highest BCUT2D eigenvalue weighted by atomic mass is 19.3. The summed E-state index contributed by atoms with van der Waals surface area (Å²) in [6.07, 6.45) is 13.2. The summed E-state index contributed by atoms with van der Waals surface area (Å²) in [5.74, 6) is 3.08. The molecule has 0 radical (unpaired) electrons. The summed E-state index contributed by atoms with van der Waals surface area (Å²) >= 11 is 0. The Labute approximate surface area is 183 Å². The molecule has 2 saturated carbocycles. The summed E-state index contributed by atoms with van der Waals surface area (Å²) < 4.78 is 24.6. The fourth-order valence-corrected chi connectivity index (χ4v) is 6.27. The van der Waals surface area contributed by atoms with Crippen LogP contribution in [-0.4, -0.2) is 0 Å². The monoisotopic (exact) mass is 416 g/mol. The summed E-state index contributed by atoms with van der Waals surface area (Å²) in [7, 11) is 0. The predicted molar refractivity (Wildman–Crippen MR) is 124 cm³/mol. The van der Waals surface area contributed by atoms with Crippen LogP contribution in [0.5, 0.6) is 0 Å². The molecular weight excluding hydrogens is 374 g/mol. The van der Waals surface area contributed by atoms with E-state index in [0.717, 1.165) is 36.7 Å².